The van der Waals surface area contributed by atoms with Crippen molar-refractivity contribution in [2.24, 2.45) is 5.73 Å². The van der Waals surface area contributed by atoms with Crippen molar-refractivity contribution in [1.29, 1.82) is 0 Å². The van der Waals surface area contributed by atoms with Crippen LogP contribution in [0.15, 0.2) is 24.3 Å². The van der Waals surface area contributed by atoms with Gasteiger partial charge in [0.25, 0.3) is 0 Å². The predicted molar refractivity (Wildman–Crippen MR) is 84.6 cm³/mol. The van der Waals surface area contributed by atoms with Crippen molar-refractivity contribution < 1.29 is 0 Å². The zero-order valence-corrected chi connectivity index (χ0v) is 13.3. The van der Waals surface area contributed by atoms with Gasteiger partial charge in [-0.2, -0.15) is 0 Å². The molecule has 2 nitrogen and oxygen atoms in total. The van der Waals surface area contributed by atoms with Crippen molar-refractivity contribution in [3.8, 4) is 0 Å². The third-order valence-corrected chi connectivity index (χ3v) is 4.14. The monoisotopic (exact) mass is 282 g/mol. The Kier molecular flexibility index (Phi) is 6.84. The van der Waals surface area contributed by atoms with Gasteiger partial charge in [0.05, 0.1) is 0 Å². The molecule has 0 saturated heterocycles. The first-order valence-electron chi connectivity index (χ1n) is 7.24. The fourth-order valence-corrected chi connectivity index (χ4v) is 2.79. The molecule has 0 bridgehead atoms. The molecule has 0 aliphatic heterocycles. The number of hydrogen-bond donors (Lipinski definition) is 1. The van der Waals surface area contributed by atoms with E-state index in [0.29, 0.717) is 6.04 Å². The van der Waals surface area contributed by atoms with Crippen LogP contribution in [0.4, 0.5) is 0 Å². The average molecular weight is 283 g/mol. The lowest BCUT2D eigenvalue weighted by molar-refractivity contribution is 0.151. The largest absolute Gasteiger partial charge is 0.326 e. The van der Waals surface area contributed by atoms with Gasteiger partial charge in [0.15, 0.2) is 0 Å². The molecule has 19 heavy (non-hydrogen) atoms. The molecule has 0 fully saturated rings. The molecule has 0 radical (unpaired) electrons. The van der Waals surface area contributed by atoms with E-state index in [1.165, 1.54) is 18.4 Å². The fourth-order valence-electron chi connectivity index (χ4n) is 2.59. The van der Waals surface area contributed by atoms with E-state index < -0.39 is 0 Å². The van der Waals surface area contributed by atoms with E-state index >= 15 is 0 Å². The quantitative estimate of drug-likeness (QED) is 0.810. The van der Waals surface area contributed by atoms with Crippen LogP contribution < -0.4 is 5.73 Å². The summed E-state index contributed by atoms with van der Waals surface area (Å²) < 4.78 is 0. The van der Waals surface area contributed by atoms with Gasteiger partial charge in [-0.1, -0.05) is 44.0 Å². The third-order valence-electron chi connectivity index (χ3n) is 3.91. The van der Waals surface area contributed by atoms with E-state index in [9.17, 15) is 0 Å². The highest BCUT2D eigenvalue weighted by Crippen LogP contribution is 2.28. The maximum atomic E-state index is 6.35. The Morgan fingerprint density at radius 3 is 2.53 bits per heavy atom. The number of rotatable bonds is 7. The van der Waals surface area contributed by atoms with E-state index in [1.807, 2.05) is 18.2 Å². The first-order valence-corrected chi connectivity index (χ1v) is 7.62. The summed E-state index contributed by atoms with van der Waals surface area (Å²) in [5, 5.41) is 0.780. The maximum Gasteiger partial charge on any atom is 0.0499 e. The van der Waals surface area contributed by atoms with Crippen molar-refractivity contribution in [3.05, 3.63) is 34.9 Å². The lowest BCUT2D eigenvalue weighted by Crippen LogP contribution is -2.42. The molecule has 2 N–H and O–H groups in total. The molecule has 0 saturated carbocycles. The first-order chi connectivity index (χ1) is 9.01. The second-order valence-corrected chi connectivity index (χ2v) is 5.81. The fraction of sp³-hybridized carbons (Fsp3) is 0.625. The minimum absolute atomic E-state index is 0.128. The summed E-state index contributed by atoms with van der Waals surface area (Å²) in [7, 11) is 2.17. The van der Waals surface area contributed by atoms with Crippen LogP contribution in [-0.4, -0.2) is 24.0 Å². The number of likely N-dealkylation sites (N-methyl/N-ethyl adjacent to an activating group) is 1. The van der Waals surface area contributed by atoms with Crippen molar-refractivity contribution in [1.82, 2.24) is 4.90 Å². The van der Waals surface area contributed by atoms with Gasteiger partial charge < -0.3 is 5.73 Å². The van der Waals surface area contributed by atoms with Gasteiger partial charge in [-0.3, -0.25) is 4.90 Å². The number of nitrogens with two attached hydrogens (primary N) is 1. The van der Waals surface area contributed by atoms with Gasteiger partial charge in [0.1, 0.15) is 0 Å². The number of hydrogen-bond acceptors (Lipinski definition) is 2. The highest BCUT2D eigenvalue weighted by atomic mass is 35.5. The molecule has 3 unspecified atom stereocenters. The van der Waals surface area contributed by atoms with Crippen LogP contribution in [0.5, 0.6) is 0 Å². The average Bonchev–Trinajstić information content (AvgIpc) is 2.39. The summed E-state index contributed by atoms with van der Waals surface area (Å²) in [5.41, 5.74) is 7.56. The second-order valence-electron chi connectivity index (χ2n) is 5.38. The molecule has 1 aromatic rings. The van der Waals surface area contributed by atoms with Gasteiger partial charge in [0, 0.05) is 23.1 Å². The zero-order valence-electron chi connectivity index (χ0n) is 12.6. The molecule has 0 spiro atoms. The van der Waals surface area contributed by atoms with Gasteiger partial charge in [0.2, 0.25) is 0 Å². The van der Waals surface area contributed by atoms with E-state index in [4.69, 9.17) is 17.3 Å². The van der Waals surface area contributed by atoms with Crippen molar-refractivity contribution >= 4 is 11.6 Å². The lowest BCUT2D eigenvalue weighted by atomic mass is 9.95. The van der Waals surface area contributed by atoms with Crippen LogP contribution >= 0.6 is 11.6 Å². The smallest absolute Gasteiger partial charge is 0.0499 e. The molecule has 3 atom stereocenters. The highest BCUT2D eigenvalue weighted by Gasteiger charge is 2.26. The van der Waals surface area contributed by atoms with Crippen LogP contribution in [0.3, 0.4) is 0 Å². The van der Waals surface area contributed by atoms with Gasteiger partial charge in [-0.15, -0.1) is 0 Å². The Morgan fingerprint density at radius 2 is 2.00 bits per heavy atom. The maximum absolute atomic E-state index is 6.35. The second kappa shape index (κ2) is 7.88. The summed E-state index contributed by atoms with van der Waals surface area (Å²) in [6.45, 7) is 6.63. The Labute approximate surface area is 122 Å². The molecular weight excluding hydrogens is 256 g/mol. The van der Waals surface area contributed by atoms with Crippen molar-refractivity contribution in [2.45, 2.75) is 58.2 Å². The summed E-state index contributed by atoms with van der Waals surface area (Å²) in [4.78, 5) is 2.39. The van der Waals surface area contributed by atoms with Crippen molar-refractivity contribution in [2.75, 3.05) is 7.05 Å². The molecule has 108 valence electrons. The van der Waals surface area contributed by atoms with Crippen LogP contribution in [0.25, 0.3) is 0 Å². The molecule has 0 aliphatic rings. The Morgan fingerprint density at radius 1 is 1.32 bits per heavy atom. The van der Waals surface area contributed by atoms with Crippen molar-refractivity contribution in [3.63, 3.8) is 0 Å². The Hall–Kier alpha value is -0.570. The molecular formula is C16H27ClN2. The van der Waals surface area contributed by atoms with E-state index in [2.05, 4.69) is 38.8 Å². The number of nitrogens with zero attached hydrogens (tertiary/aromatic N) is 1. The first kappa shape index (κ1) is 16.5. The normalized spacial score (nSPS) is 16.4. The van der Waals surface area contributed by atoms with Gasteiger partial charge >= 0.3 is 0 Å². The topological polar surface area (TPSA) is 29.3 Å². The van der Waals surface area contributed by atoms with Gasteiger partial charge in [-0.25, -0.2) is 0 Å². The molecule has 0 heterocycles. The molecule has 0 aliphatic carbocycles. The minimum Gasteiger partial charge on any atom is -0.326 e. The highest BCUT2D eigenvalue weighted by molar-refractivity contribution is 6.30. The van der Waals surface area contributed by atoms with Crippen LogP contribution in [0.1, 0.15) is 51.6 Å². The van der Waals surface area contributed by atoms with E-state index in [0.717, 1.165) is 11.4 Å². The summed E-state index contributed by atoms with van der Waals surface area (Å²) in [6.07, 6.45) is 3.33. The SMILES string of the molecule is CCCC(C)N(C)C(c1cccc(Cl)c1)C(N)CC. The summed E-state index contributed by atoms with van der Waals surface area (Å²) in [6, 6.07) is 8.96. The lowest BCUT2D eigenvalue weighted by Gasteiger charge is -2.37. The van der Waals surface area contributed by atoms with E-state index in [1.54, 1.807) is 0 Å². The summed E-state index contributed by atoms with van der Waals surface area (Å²) >= 11 is 6.12. The number of halogens is 1. The third kappa shape index (κ3) is 4.48. The molecule has 1 aromatic carbocycles. The Balaban J connectivity index is 3.01. The van der Waals surface area contributed by atoms with E-state index in [-0.39, 0.29) is 12.1 Å². The molecule has 0 aromatic heterocycles. The molecule has 3 heteroatoms. The molecule has 0 amide bonds. The number of benzene rings is 1. The predicted octanol–water partition coefficient (Wildman–Crippen LogP) is 4.24. The minimum atomic E-state index is 0.128. The zero-order chi connectivity index (χ0) is 14.4. The summed E-state index contributed by atoms with van der Waals surface area (Å²) in [5.74, 6) is 0. The van der Waals surface area contributed by atoms with Gasteiger partial charge in [-0.05, 0) is 44.5 Å². The van der Waals surface area contributed by atoms with Crippen LogP contribution in [-0.2, 0) is 0 Å². The van der Waals surface area contributed by atoms with Crippen LogP contribution in [0.2, 0.25) is 5.02 Å². The molecule has 1 rings (SSSR count). The Bertz CT molecular complexity index is 381. The van der Waals surface area contributed by atoms with Crippen LogP contribution in [0, 0.1) is 0 Å². The standard InChI is InChI=1S/C16H27ClN2/c1-5-8-12(3)19(4)16(15(18)6-2)13-9-7-10-14(17)11-13/h7,9-12,15-16H,5-6,8,18H2,1-4H3.